The van der Waals surface area contributed by atoms with Crippen molar-refractivity contribution in [2.24, 2.45) is 0 Å². The number of nitrogens with zero attached hydrogens (tertiary/aromatic N) is 2. The fourth-order valence-corrected chi connectivity index (χ4v) is 4.64. The molecule has 0 saturated carbocycles. The minimum absolute atomic E-state index is 0.169. The van der Waals surface area contributed by atoms with Crippen LogP contribution in [0.25, 0.3) is 0 Å². The number of benzene rings is 2. The van der Waals surface area contributed by atoms with Crippen molar-refractivity contribution in [2.45, 2.75) is 46.2 Å². The summed E-state index contributed by atoms with van der Waals surface area (Å²) >= 11 is 12.1. The van der Waals surface area contributed by atoms with Crippen molar-refractivity contribution in [2.75, 3.05) is 23.7 Å². The Kier molecular flexibility index (Phi) is 10.2. The third-order valence-corrected chi connectivity index (χ3v) is 7.29. The number of nitrogens with one attached hydrogen (secondary N) is 1. The summed E-state index contributed by atoms with van der Waals surface area (Å²) < 4.78 is 26.2. The van der Waals surface area contributed by atoms with Crippen LogP contribution in [0.4, 0.5) is 5.69 Å². The standard InChI is InChI=1S/C24H31Cl2N3O4S/c1-5-13-27-24(31)22(6-2)28(15-18-10-8-7-9-17(18)3)23(30)16-29(34(4,32)33)19-11-12-20(25)21(26)14-19/h7-12,14,22H,5-6,13,15-16H2,1-4H3,(H,27,31). The molecule has 2 aromatic rings. The van der Waals surface area contributed by atoms with Crippen LogP contribution in [0.3, 0.4) is 0 Å². The lowest BCUT2D eigenvalue weighted by Crippen LogP contribution is -2.52. The van der Waals surface area contributed by atoms with Crippen molar-refractivity contribution in [3.63, 3.8) is 0 Å². The zero-order chi connectivity index (χ0) is 25.5. The molecule has 0 radical (unpaired) electrons. The van der Waals surface area contributed by atoms with Gasteiger partial charge in [0.25, 0.3) is 0 Å². The fraction of sp³-hybridized carbons (Fsp3) is 0.417. The van der Waals surface area contributed by atoms with E-state index in [1.165, 1.54) is 23.1 Å². The van der Waals surface area contributed by atoms with Crippen LogP contribution < -0.4 is 9.62 Å². The first-order chi connectivity index (χ1) is 16.0. The molecule has 2 rings (SSSR count). The number of carbonyl (C=O) groups excluding carboxylic acids is 2. The second-order valence-corrected chi connectivity index (χ2v) is 10.8. The van der Waals surface area contributed by atoms with Gasteiger partial charge >= 0.3 is 0 Å². The van der Waals surface area contributed by atoms with Crippen LogP contribution in [-0.2, 0) is 26.2 Å². The normalized spacial score (nSPS) is 12.2. The number of rotatable bonds is 11. The SMILES string of the molecule is CCCNC(=O)C(CC)N(Cc1ccccc1C)C(=O)CN(c1ccc(Cl)c(Cl)c1)S(C)(=O)=O. The molecular weight excluding hydrogens is 497 g/mol. The van der Waals surface area contributed by atoms with Crippen LogP contribution in [-0.4, -0.2) is 50.5 Å². The van der Waals surface area contributed by atoms with E-state index in [9.17, 15) is 18.0 Å². The van der Waals surface area contributed by atoms with E-state index in [-0.39, 0.29) is 28.2 Å². The lowest BCUT2D eigenvalue weighted by atomic mass is 10.1. The largest absolute Gasteiger partial charge is 0.354 e. The van der Waals surface area contributed by atoms with Crippen LogP contribution in [0, 0.1) is 6.92 Å². The predicted octanol–water partition coefficient (Wildman–Crippen LogP) is 4.40. The van der Waals surface area contributed by atoms with Crippen molar-refractivity contribution in [1.82, 2.24) is 10.2 Å². The van der Waals surface area contributed by atoms with Crippen molar-refractivity contribution < 1.29 is 18.0 Å². The maximum absolute atomic E-state index is 13.6. The average molecular weight is 529 g/mol. The smallest absolute Gasteiger partial charge is 0.244 e. The zero-order valence-electron chi connectivity index (χ0n) is 19.8. The molecule has 0 aliphatic carbocycles. The second-order valence-electron chi connectivity index (χ2n) is 8.03. The number of amides is 2. The molecule has 0 bridgehead atoms. The Bertz CT molecular complexity index is 1120. The molecule has 0 fully saturated rings. The summed E-state index contributed by atoms with van der Waals surface area (Å²) in [5, 5.41) is 3.29. The van der Waals surface area contributed by atoms with Gasteiger partial charge in [0.2, 0.25) is 21.8 Å². The number of aryl methyl sites for hydroxylation is 1. The number of anilines is 1. The molecule has 1 atom stereocenters. The summed E-state index contributed by atoms with van der Waals surface area (Å²) in [6.07, 6.45) is 2.14. The molecule has 34 heavy (non-hydrogen) atoms. The molecule has 2 aromatic carbocycles. The molecule has 1 unspecified atom stereocenters. The van der Waals surface area contributed by atoms with E-state index < -0.39 is 28.5 Å². The maximum Gasteiger partial charge on any atom is 0.244 e. The van der Waals surface area contributed by atoms with Gasteiger partial charge in [-0.05, 0) is 49.1 Å². The van der Waals surface area contributed by atoms with Crippen LogP contribution in [0.1, 0.15) is 37.8 Å². The molecule has 2 amide bonds. The van der Waals surface area contributed by atoms with Gasteiger partial charge in [-0.2, -0.15) is 0 Å². The van der Waals surface area contributed by atoms with E-state index in [4.69, 9.17) is 23.2 Å². The third-order valence-electron chi connectivity index (χ3n) is 5.41. The van der Waals surface area contributed by atoms with Crippen LogP contribution in [0.5, 0.6) is 0 Å². The first kappa shape index (κ1) is 28.0. The highest BCUT2D eigenvalue weighted by Gasteiger charge is 2.32. The molecule has 0 aliphatic rings. The van der Waals surface area contributed by atoms with Gasteiger partial charge in [-0.3, -0.25) is 13.9 Å². The van der Waals surface area contributed by atoms with Crippen molar-refractivity contribution in [3.05, 3.63) is 63.6 Å². The van der Waals surface area contributed by atoms with Gasteiger partial charge < -0.3 is 10.2 Å². The van der Waals surface area contributed by atoms with Gasteiger partial charge in [-0.25, -0.2) is 8.42 Å². The average Bonchev–Trinajstić information content (AvgIpc) is 2.78. The topological polar surface area (TPSA) is 86.8 Å². The Balaban J connectivity index is 2.46. The van der Waals surface area contributed by atoms with Crippen LogP contribution in [0.15, 0.2) is 42.5 Å². The van der Waals surface area contributed by atoms with E-state index in [2.05, 4.69) is 5.32 Å². The molecular formula is C24H31Cl2N3O4S. The molecule has 0 aromatic heterocycles. The Hall–Kier alpha value is -2.29. The third kappa shape index (κ3) is 7.35. The van der Waals surface area contributed by atoms with E-state index in [0.717, 1.165) is 28.1 Å². The summed E-state index contributed by atoms with van der Waals surface area (Å²) in [4.78, 5) is 28.0. The number of hydrogen-bond acceptors (Lipinski definition) is 4. The Morgan fingerprint density at radius 2 is 1.74 bits per heavy atom. The molecule has 0 heterocycles. The highest BCUT2D eigenvalue weighted by Crippen LogP contribution is 2.28. The molecule has 186 valence electrons. The van der Waals surface area contributed by atoms with Crippen LogP contribution >= 0.6 is 23.2 Å². The first-order valence-electron chi connectivity index (χ1n) is 11.0. The van der Waals surface area contributed by atoms with E-state index >= 15 is 0 Å². The van der Waals surface area contributed by atoms with Gasteiger partial charge in [0.15, 0.2) is 0 Å². The van der Waals surface area contributed by atoms with Crippen molar-refractivity contribution in [1.29, 1.82) is 0 Å². The minimum Gasteiger partial charge on any atom is -0.354 e. The van der Waals surface area contributed by atoms with Gasteiger partial charge in [0, 0.05) is 13.1 Å². The molecule has 7 nitrogen and oxygen atoms in total. The molecule has 0 aliphatic heterocycles. The first-order valence-corrected chi connectivity index (χ1v) is 13.6. The zero-order valence-corrected chi connectivity index (χ0v) is 22.2. The van der Waals surface area contributed by atoms with Gasteiger partial charge in [-0.1, -0.05) is 61.3 Å². The Morgan fingerprint density at radius 3 is 2.29 bits per heavy atom. The van der Waals surface area contributed by atoms with Crippen LogP contribution in [0.2, 0.25) is 10.0 Å². The molecule has 0 saturated heterocycles. The van der Waals surface area contributed by atoms with Gasteiger partial charge in [-0.15, -0.1) is 0 Å². The summed E-state index contributed by atoms with van der Waals surface area (Å²) in [5.74, 6) is -0.773. The lowest BCUT2D eigenvalue weighted by molar-refractivity contribution is -0.140. The Morgan fingerprint density at radius 1 is 1.06 bits per heavy atom. The second kappa shape index (κ2) is 12.4. The number of halogens is 2. The van der Waals surface area contributed by atoms with E-state index in [0.29, 0.717) is 13.0 Å². The predicted molar refractivity (Wildman–Crippen MR) is 138 cm³/mol. The monoisotopic (exact) mass is 527 g/mol. The fourth-order valence-electron chi connectivity index (χ4n) is 3.51. The maximum atomic E-state index is 13.6. The van der Waals surface area contributed by atoms with E-state index in [1.54, 1.807) is 0 Å². The number of carbonyl (C=O) groups is 2. The highest BCUT2D eigenvalue weighted by atomic mass is 35.5. The molecule has 10 heteroatoms. The molecule has 0 spiro atoms. The summed E-state index contributed by atoms with van der Waals surface area (Å²) in [5.41, 5.74) is 2.05. The minimum atomic E-state index is -3.84. The summed E-state index contributed by atoms with van der Waals surface area (Å²) in [6.45, 7) is 5.86. The van der Waals surface area contributed by atoms with Gasteiger partial charge in [0.05, 0.1) is 22.0 Å². The Labute approximate surface area is 212 Å². The highest BCUT2D eigenvalue weighted by molar-refractivity contribution is 7.92. The van der Waals surface area contributed by atoms with Crippen molar-refractivity contribution >= 4 is 50.7 Å². The summed E-state index contributed by atoms with van der Waals surface area (Å²) in [6, 6.07) is 11.2. The molecule has 1 N–H and O–H groups in total. The summed E-state index contributed by atoms with van der Waals surface area (Å²) in [7, 11) is -3.84. The lowest BCUT2D eigenvalue weighted by Gasteiger charge is -2.33. The van der Waals surface area contributed by atoms with E-state index in [1.807, 2.05) is 45.0 Å². The quantitative estimate of drug-likeness (QED) is 0.469. The number of hydrogen-bond donors (Lipinski definition) is 1. The van der Waals surface area contributed by atoms with Crippen molar-refractivity contribution in [3.8, 4) is 0 Å². The number of sulfonamides is 1. The van der Waals surface area contributed by atoms with Gasteiger partial charge in [0.1, 0.15) is 12.6 Å².